The lowest BCUT2D eigenvalue weighted by molar-refractivity contribution is 0.635. The molecule has 0 unspecified atom stereocenters. The van der Waals surface area contributed by atoms with Gasteiger partial charge in [-0.1, -0.05) is 44.2 Å². The van der Waals surface area contributed by atoms with Gasteiger partial charge in [0.05, 0.1) is 6.20 Å². The number of rotatable bonds is 5. The first-order valence-corrected chi connectivity index (χ1v) is 9.81. The van der Waals surface area contributed by atoms with Gasteiger partial charge in [0, 0.05) is 37.6 Å². The molecule has 6 nitrogen and oxygen atoms in total. The molecular formula is C22H26N6. The van der Waals surface area contributed by atoms with E-state index in [2.05, 4.69) is 92.7 Å². The van der Waals surface area contributed by atoms with E-state index in [0.29, 0.717) is 17.7 Å². The van der Waals surface area contributed by atoms with Gasteiger partial charge >= 0.3 is 0 Å². The molecule has 0 saturated carbocycles. The fourth-order valence-electron chi connectivity index (χ4n) is 3.39. The average molecular weight is 374 g/mol. The van der Waals surface area contributed by atoms with Crippen LogP contribution in [0.5, 0.6) is 0 Å². The van der Waals surface area contributed by atoms with Gasteiger partial charge in [0.1, 0.15) is 0 Å². The number of nitrogens with zero attached hydrogens (tertiary/aromatic N) is 5. The van der Waals surface area contributed by atoms with Crippen LogP contribution in [-0.4, -0.2) is 41.4 Å². The summed E-state index contributed by atoms with van der Waals surface area (Å²) in [6.45, 7) is 8.04. The van der Waals surface area contributed by atoms with Gasteiger partial charge in [0.15, 0.2) is 5.82 Å². The van der Waals surface area contributed by atoms with E-state index < -0.39 is 0 Å². The minimum absolute atomic E-state index is 0.524. The Morgan fingerprint density at radius 3 is 2.21 bits per heavy atom. The highest BCUT2D eigenvalue weighted by Crippen LogP contribution is 2.21. The Morgan fingerprint density at radius 1 is 0.857 bits per heavy atom. The van der Waals surface area contributed by atoms with Gasteiger partial charge in [-0.15, -0.1) is 5.10 Å². The van der Waals surface area contributed by atoms with Crippen molar-refractivity contribution in [3.8, 4) is 0 Å². The van der Waals surface area contributed by atoms with Crippen molar-refractivity contribution in [2.45, 2.75) is 19.8 Å². The number of nitrogens with one attached hydrogen (secondary N) is 1. The predicted molar refractivity (Wildman–Crippen MR) is 115 cm³/mol. The minimum Gasteiger partial charge on any atom is -0.368 e. The van der Waals surface area contributed by atoms with Crippen LogP contribution in [0, 0.1) is 0 Å². The maximum atomic E-state index is 4.67. The van der Waals surface area contributed by atoms with E-state index in [4.69, 9.17) is 0 Å². The topological polar surface area (TPSA) is 57.2 Å². The molecule has 1 saturated heterocycles. The number of aromatic nitrogens is 3. The first kappa shape index (κ1) is 18.2. The van der Waals surface area contributed by atoms with Crippen LogP contribution in [0.15, 0.2) is 60.8 Å². The highest BCUT2D eigenvalue weighted by Gasteiger charge is 2.19. The van der Waals surface area contributed by atoms with Crippen LogP contribution < -0.4 is 15.1 Å². The first-order chi connectivity index (χ1) is 13.7. The lowest BCUT2D eigenvalue weighted by Crippen LogP contribution is -2.47. The fourth-order valence-corrected chi connectivity index (χ4v) is 3.39. The van der Waals surface area contributed by atoms with Crippen molar-refractivity contribution < 1.29 is 0 Å². The number of hydrogen-bond donors (Lipinski definition) is 1. The zero-order valence-electron chi connectivity index (χ0n) is 16.4. The largest absolute Gasteiger partial charge is 0.368 e. The zero-order chi connectivity index (χ0) is 19.3. The molecule has 0 aliphatic carbocycles. The summed E-state index contributed by atoms with van der Waals surface area (Å²) >= 11 is 0. The summed E-state index contributed by atoms with van der Waals surface area (Å²) in [6.07, 6.45) is 1.67. The van der Waals surface area contributed by atoms with Crippen molar-refractivity contribution in [2.75, 3.05) is 41.3 Å². The fraction of sp³-hybridized carbons (Fsp3) is 0.318. The van der Waals surface area contributed by atoms with Gasteiger partial charge in [0.2, 0.25) is 5.95 Å². The van der Waals surface area contributed by atoms with Crippen molar-refractivity contribution in [3.63, 3.8) is 0 Å². The average Bonchev–Trinajstić information content (AvgIpc) is 2.75. The van der Waals surface area contributed by atoms with E-state index in [1.807, 2.05) is 6.07 Å². The molecular weight excluding hydrogens is 348 g/mol. The summed E-state index contributed by atoms with van der Waals surface area (Å²) in [4.78, 5) is 9.25. The van der Waals surface area contributed by atoms with Gasteiger partial charge in [0.25, 0.3) is 0 Å². The Bertz CT molecular complexity index is 886. The molecule has 0 atom stereocenters. The highest BCUT2D eigenvalue weighted by atomic mass is 15.4. The summed E-state index contributed by atoms with van der Waals surface area (Å²) in [5.74, 6) is 1.92. The molecule has 4 rings (SSSR count). The maximum Gasteiger partial charge on any atom is 0.247 e. The first-order valence-electron chi connectivity index (χ1n) is 9.81. The van der Waals surface area contributed by atoms with Crippen LogP contribution in [-0.2, 0) is 0 Å². The molecule has 2 aromatic carbocycles. The molecule has 1 aliphatic heterocycles. The molecule has 3 aromatic rings. The van der Waals surface area contributed by atoms with E-state index in [9.17, 15) is 0 Å². The molecule has 1 N–H and O–H groups in total. The molecule has 6 heteroatoms. The van der Waals surface area contributed by atoms with Crippen LogP contribution in [0.3, 0.4) is 0 Å². The van der Waals surface area contributed by atoms with Crippen molar-refractivity contribution in [3.05, 3.63) is 66.4 Å². The lowest BCUT2D eigenvalue weighted by Gasteiger charge is -2.35. The Morgan fingerprint density at radius 2 is 1.54 bits per heavy atom. The molecule has 0 radical (unpaired) electrons. The molecule has 144 valence electrons. The van der Waals surface area contributed by atoms with Gasteiger partial charge < -0.3 is 15.1 Å². The van der Waals surface area contributed by atoms with Gasteiger partial charge in [-0.05, 0) is 35.7 Å². The van der Waals surface area contributed by atoms with E-state index in [1.54, 1.807) is 6.20 Å². The molecule has 0 amide bonds. The SMILES string of the molecule is CC(C)c1ccc(Nc2cnnc(N3CCN(c4ccccc4)CC3)n2)cc1. The van der Waals surface area contributed by atoms with E-state index >= 15 is 0 Å². The Kier molecular flexibility index (Phi) is 5.37. The summed E-state index contributed by atoms with van der Waals surface area (Å²) in [7, 11) is 0. The zero-order valence-corrected chi connectivity index (χ0v) is 16.4. The summed E-state index contributed by atoms with van der Waals surface area (Å²) in [6, 6.07) is 19.0. The third-order valence-electron chi connectivity index (χ3n) is 5.08. The van der Waals surface area contributed by atoms with Gasteiger partial charge in [-0.3, -0.25) is 0 Å². The molecule has 28 heavy (non-hydrogen) atoms. The number of benzene rings is 2. The third-order valence-corrected chi connectivity index (χ3v) is 5.08. The van der Waals surface area contributed by atoms with Crippen molar-refractivity contribution in [1.29, 1.82) is 0 Å². The second-order valence-electron chi connectivity index (χ2n) is 7.35. The number of hydrogen-bond acceptors (Lipinski definition) is 6. The van der Waals surface area contributed by atoms with Crippen LogP contribution in [0.2, 0.25) is 0 Å². The summed E-state index contributed by atoms with van der Waals surface area (Å²) in [5.41, 5.74) is 3.59. The Labute approximate surface area is 166 Å². The van der Waals surface area contributed by atoms with E-state index in [0.717, 1.165) is 31.9 Å². The molecule has 1 aromatic heterocycles. The van der Waals surface area contributed by atoms with Crippen molar-refractivity contribution >= 4 is 23.1 Å². The smallest absolute Gasteiger partial charge is 0.247 e. The summed E-state index contributed by atoms with van der Waals surface area (Å²) < 4.78 is 0. The van der Waals surface area contributed by atoms with Crippen molar-refractivity contribution in [1.82, 2.24) is 15.2 Å². The van der Waals surface area contributed by atoms with Crippen LogP contribution >= 0.6 is 0 Å². The minimum atomic E-state index is 0.524. The molecule has 0 bridgehead atoms. The monoisotopic (exact) mass is 374 g/mol. The second-order valence-corrected chi connectivity index (χ2v) is 7.35. The quantitative estimate of drug-likeness (QED) is 0.727. The van der Waals surface area contributed by atoms with Gasteiger partial charge in [-0.2, -0.15) is 10.1 Å². The standard InChI is InChI=1S/C22H26N6/c1-17(2)18-8-10-19(11-9-18)24-21-16-23-26-22(25-21)28-14-12-27(13-15-28)20-6-4-3-5-7-20/h3-11,16-17H,12-15H2,1-2H3,(H,24,25,26). The van der Waals surface area contributed by atoms with Crippen LogP contribution in [0.25, 0.3) is 0 Å². The normalized spacial score (nSPS) is 14.4. The molecule has 0 spiro atoms. The maximum absolute atomic E-state index is 4.67. The molecule has 1 aliphatic rings. The summed E-state index contributed by atoms with van der Waals surface area (Å²) in [5, 5.41) is 11.7. The Hall–Kier alpha value is -3.15. The molecule has 1 fully saturated rings. The molecule has 2 heterocycles. The highest BCUT2D eigenvalue weighted by molar-refractivity contribution is 5.57. The van der Waals surface area contributed by atoms with Crippen LogP contribution in [0.4, 0.5) is 23.1 Å². The third kappa shape index (κ3) is 4.22. The lowest BCUT2D eigenvalue weighted by atomic mass is 10.0. The van der Waals surface area contributed by atoms with Gasteiger partial charge in [-0.25, -0.2) is 0 Å². The van der Waals surface area contributed by atoms with E-state index in [-0.39, 0.29) is 0 Å². The van der Waals surface area contributed by atoms with Crippen LogP contribution in [0.1, 0.15) is 25.3 Å². The number of para-hydroxylation sites is 1. The number of piperazine rings is 1. The Balaban J connectivity index is 1.40. The predicted octanol–water partition coefficient (Wildman–Crippen LogP) is 4.07. The number of anilines is 4. The van der Waals surface area contributed by atoms with E-state index in [1.165, 1.54) is 11.3 Å². The second kappa shape index (κ2) is 8.25. The van der Waals surface area contributed by atoms with Crippen molar-refractivity contribution in [2.24, 2.45) is 0 Å².